The highest BCUT2D eigenvalue weighted by Gasteiger charge is 2.05. The number of anilines is 1. The van der Waals surface area contributed by atoms with E-state index in [4.69, 9.17) is 0 Å². The van der Waals surface area contributed by atoms with Crippen LogP contribution in [0.2, 0.25) is 0 Å². The van der Waals surface area contributed by atoms with E-state index in [1.54, 1.807) is 12.1 Å². The summed E-state index contributed by atoms with van der Waals surface area (Å²) in [4.78, 5) is 12.0. The van der Waals surface area contributed by atoms with Crippen LogP contribution in [0.25, 0.3) is 0 Å². The zero-order valence-corrected chi connectivity index (χ0v) is 8.19. The number of hydrogen-bond acceptors (Lipinski definition) is 2. The molecule has 0 bridgehead atoms. The monoisotopic (exact) mass is 215 g/mol. The predicted octanol–water partition coefficient (Wildman–Crippen LogP) is 2.27. The van der Waals surface area contributed by atoms with Gasteiger partial charge in [-0.25, -0.2) is 0 Å². The molecular weight excluding hydrogens is 204 g/mol. The van der Waals surface area contributed by atoms with Crippen LogP contribution in [-0.4, -0.2) is 19.6 Å². The van der Waals surface area contributed by atoms with Crippen molar-refractivity contribution in [2.75, 3.05) is 11.4 Å². The number of hydrogen-bond donors (Lipinski definition) is 0. The quantitative estimate of drug-likeness (QED) is 0.705. The molecule has 0 aliphatic carbocycles. The van der Waals surface area contributed by atoms with Gasteiger partial charge < -0.3 is 9.64 Å². The third kappa shape index (κ3) is 3.19. The Bertz CT molecular complexity index is 314. The lowest BCUT2D eigenvalue weighted by molar-refractivity contribution is -0.107. The van der Waals surface area contributed by atoms with Crippen molar-refractivity contribution in [3.63, 3.8) is 0 Å². The first-order valence-corrected chi connectivity index (χ1v) is 4.44. The summed E-state index contributed by atoms with van der Waals surface area (Å²) in [5.41, 5.74) is 0.647. The van der Waals surface area contributed by atoms with Crippen molar-refractivity contribution in [2.24, 2.45) is 0 Å². The number of benzene rings is 1. The molecular formula is C10H11F2NO2. The van der Waals surface area contributed by atoms with Gasteiger partial charge in [-0.05, 0) is 31.2 Å². The van der Waals surface area contributed by atoms with Crippen molar-refractivity contribution in [1.82, 2.24) is 0 Å². The Morgan fingerprint density at radius 1 is 1.40 bits per heavy atom. The van der Waals surface area contributed by atoms with Crippen LogP contribution in [0.4, 0.5) is 14.5 Å². The van der Waals surface area contributed by atoms with Crippen molar-refractivity contribution in [2.45, 2.75) is 13.5 Å². The van der Waals surface area contributed by atoms with Gasteiger partial charge in [-0.2, -0.15) is 8.78 Å². The van der Waals surface area contributed by atoms with Crippen LogP contribution in [0.3, 0.4) is 0 Å². The number of carbonyl (C=O) groups excluding carboxylic acids is 1. The summed E-state index contributed by atoms with van der Waals surface area (Å²) in [6.45, 7) is -0.486. The summed E-state index contributed by atoms with van der Waals surface area (Å²) < 4.78 is 27.8. The Morgan fingerprint density at radius 2 is 2.00 bits per heavy atom. The average molecular weight is 215 g/mol. The molecule has 1 rings (SSSR count). The van der Waals surface area contributed by atoms with E-state index in [1.807, 2.05) is 6.92 Å². The fourth-order valence-corrected chi connectivity index (χ4v) is 1.14. The highest BCUT2D eigenvalue weighted by atomic mass is 19.3. The summed E-state index contributed by atoms with van der Waals surface area (Å²) in [5.74, 6) is 0.0794. The van der Waals surface area contributed by atoms with Crippen LogP contribution in [0.1, 0.15) is 6.92 Å². The Morgan fingerprint density at radius 3 is 2.40 bits per heavy atom. The zero-order valence-electron chi connectivity index (χ0n) is 8.19. The summed E-state index contributed by atoms with van der Waals surface area (Å²) >= 11 is 0. The molecule has 5 heteroatoms. The molecule has 0 aliphatic heterocycles. The maximum atomic E-state index is 11.8. The molecule has 0 aliphatic rings. The van der Waals surface area contributed by atoms with Crippen LogP contribution in [0.15, 0.2) is 24.3 Å². The van der Waals surface area contributed by atoms with Crippen LogP contribution in [0, 0.1) is 0 Å². The third-order valence-corrected chi connectivity index (χ3v) is 1.86. The number of rotatable bonds is 5. The Kier molecular flexibility index (Phi) is 4.03. The molecule has 0 saturated carbocycles. The summed E-state index contributed by atoms with van der Waals surface area (Å²) in [6, 6.07) is 5.90. The largest absolute Gasteiger partial charge is 0.435 e. The molecule has 0 N–H and O–H groups in total. The van der Waals surface area contributed by atoms with E-state index in [2.05, 4.69) is 4.74 Å². The Hall–Kier alpha value is -1.65. The van der Waals surface area contributed by atoms with Crippen molar-refractivity contribution in [1.29, 1.82) is 0 Å². The van der Waals surface area contributed by atoms with Gasteiger partial charge in [0.25, 0.3) is 0 Å². The normalized spacial score (nSPS) is 10.1. The smallest absolute Gasteiger partial charge is 0.387 e. The predicted molar refractivity (Wildman–Crippen MR) is 52.2 cm³/mol. The average Bonchev–Trinajstić information content (AvgIpc) is 2.21. The lowest BCUT2D eigenvalue weighted by Gasteiger charge is -2.15. The van der Waals surface area contributed by atoms with Gasteiger partial charge in [-0.15, -0.1) is 0 Å². The van der Waals surface area contributed by atoms with Gasteiger partial charge in [0.05, 0.1) is 0 Å². The van der Waals surface area contributed by atoms with Crippen LogP contribution in [-0.2, 0) is 4.79 Å². The van der Waals surface area contributed by atoms with E-state index in [0.717, 1.165) is 0 Å². The molecule has 0 unspecified atom stereocenters. The molecule has 1 aromatic carbocycles. The minimum atomic E-state index is -2.83. The first kappa shape index (κ1) is 11.4. The fourth-order valence-electron chi connectivity index (χ4n) is 1.14. The highest BCUT2D eigenvalue weighted by molar-refractivity contribution is 5.74. The molecule has 0 radical (unpaired) electrons. The van der Waals surface area contributed by atoms with Gasteiger partial charge in [0.2, 0.25) is 6.41 Å². The lowest BCUT2D eigenvalue weighted by Crippen LogP contribution is -2.19. The maximum Gasteiger partial charge on any atom is 0.387 e. The zero-order chi connectivity index (χ0) is 11.3. The van der Waals surface area contributed by atoms with Gasteiger partial charge in [-0.3, -0.25) is 4.79 Å². The van der Waals surface area contributed by atoms with E-state index >= 15 is 0 Å². The minimum Gasteiger partial charge on any atom is -0.435 e. The highest BCUT2D eigenvalue weighted by Crippen LogP contribution is 2.19. The van der Waals surface area contributed by atoms with Crippen LogP contribution >= 0.6 is 0 Å². The molecule has 0 saturated heterocycles. The molecule has 3 nitrogen and oxygen atoms in total. The molecule has 1 amide bonds. The van der Waals surface area contributed by atoms with Crippen molar-refractivity contribution < 1.29 is 18.3 Å². The molecule has 15 heavy (non-hydrogen) atoms. The summed E-state index contributed by atoms with van der Waals surface area (Å²) in [5, 5.41) is 0. The first-order valence-electron chi connectivity index (χ1n) is 4.44. The second kappa shape index (κ2) is 5.29. The lowest BCUT2D eigenvalue weighted by atomic mass is 10.3. The molecule has 82 valence electrons. The van der Waals surface area contributed by atoms with Crippen LogP contribution in [0.5, 0.6) is 5.75 Å². The molecule has 1 aromatic rings. The summed E-state index contributed by atoms with van der Waals surface area (Å²) in [7, 11) is 0. The number of amides is 1. The van der Waals surface area contributed by atoms with Gasteiger partial charge >= 0.3 is 6.61 Å². The first-order chi connectivity index (χ1) is 7.17. The molecule has 0 heterocycles. The second-order valence-electron chi connectivity index (χ2n) is 2.76. The van der Waals surface area contributed by atoms with Crippen LogP contribution < -0.4 is 9.64 Å². The molecule has 0 fully saturated rings. The van der Waals surface area contributed by atoms with E-state index < -0.39 is 6.61 Å². The van der Waals surface area contributed by atoms with E-state index in [1.165, 1.54) is 17.0 Å². The van der Waals surface area contributed by atoms with E-state index in [9.17, 15) is 13.6 Å². The van der Waals surface area contributed by atoms with E-state index in [-0.39, 0.29) is 5.75 Å². The third-order valence-electron chi connectivity index (χ3n) is 1.86. The standard InChI is InChI=1S/C10H11F2NO2/c1-2-13(7-14)8-3-5-9(6-4-8)15-10(11)12/h3-7,10H,2H2,1H3. The van der Waals surface area contributed by atoms with Crippen molar-refractivity contribution >= 4 is 12.1 Å². The number of alkyl halides is 2. The Labute approximate surface area is 86.3 Å². The fraction of sp³-hybridized carbons (Fsp3) is 0.300. The van der Waals surface area contributed by atoms with E-state index in [0.29, 0.717) is 18.6 Å². The number of ether oxygens (including phenoxy) is 1. The molecule has 0 spiro atoms. The molecule has 0 atom stereocenters. The van der Waals surface area contributed by atoms with Gasteiger partial charge in [-0.1, -0.05) is 0 Å². The second-order valence-corrected chi connectivity index (χ2v) is 2.76. The Balaban J connectivity index is 2.75. The SMILES string of the molecule is CCN(C=O)c1ccc(OC(F)F)cc1. The minimum absolute atomic E-state index is 0.0794. The number of halogens is 2. The van der Waals surface area contributed by atoms with Crippen molar-refractivity contribution in [3.8, 4) is 5.75 Å². The number of nitrogens with zero attached hydrogens (tertiary/aromatic N) is 1. The maximum absolute atomic E-state index is 11.8. The van der Waals surface area contributed by atoms with Gasteiger partial charge in [0.15, 0.2) is 0 Å². The summed E-state index contributed by atoms with van der Waals surface area (Å²) in [6.07, 6.45) is 0.684. The van der Waals surface area contributed by atoms with Gasteiger partial charge in [0.1, 0.15) is 5.75 Å². The van der Waals surface area contributed by atoms with Crippen molar-refractivity contribution in [3.05, 3.63) is 24.3 Å². The van der Waals surface area contributed by atoms with Gasteiger partial charge in [0, 0.05) is 12.2 Å². The number of carbonyl (C=O) groups is 1. The topological polar surface area (TPSA) is 29.5 Å². The molecule has 0 aromatic heterocycles.